The van der Waals surface area contributed by atoms with Crippen LogP contribution in [0.2, 0.25) is 0 Å². The molecule has 5 rings (SSSR count). The van der Waals surface area contributed by atoms with E-state index in [1.54, 1.807) is 35.6 Å². The maximum absolute atomic E-state index is 12.0. The van der Waals surface area contributed by atoms with Gasteiger partial charge >= 0.3 is 0 Å². The maximum atomic E-state index is 12.0. The largest absolute Gasteiger partial charge is 0.497 e. The molecule has 0 radical (unpaired) electrons. The number of pyridine rings is 1. The number of anilines is 1. The van der Waals surface area contributed by atoms with Crippen molar-refractivity contribution >= 4 is 11.3 Å². The first-order valence-electron chi connectivity index (χ1n) is 10.4. The lowest BCUT2D eigenvalue weighted by molar-refractivity contribution is 0.415. The molecule has 1 fully saturated rings. The van der Waals surface area contributed by atoms with Crippen LogP contribution in [-0.4, -0.2) is 44.6 Å². The fraction of sp³-hybridized carbons (Fsp3) is 0.304. The molecule has 1 aliphatic rings. The van der Waals surface area contributed by atoms with Crippen LogP contribution >= 0.6 is 0 Å². The fourth-order valence-corrected chi connectivity index (χ4v) is 4.22. The van der Waals surface area contributed by atoms with Crippen LogP contribution in [0.4, 0.5) is 5.69 Å². The highest BCUT2D eigenvalue weighted by Crippen LogP contribution is 2.33. The zero-order valence-corrected chi connectivity index (χ0v) is 17.6. The first kappa shape index (κ1) is 19.3. The summed E-state index contributed by atoms with van der Waals surface area (Å²) in [4.78, 5) is 14.4. The molecular formula is C23H24N6O2. The number of benzene rings is 1. The van der Waals surface area contributed by atoms with Gasteiger partial charge in [0.05, 0.1) is 18.5 Å². The van der Waals surface area contributed by atoms with Crippen molar-refractivity contribution in [3.8, 4) is 17.0 Å². The lowest BCUT2D eigenvalue weighted by atomic mass is 9.90. The van der Waals surface area contributed by atoms with E-state index < -0.39 is 0 Å². The number of ether oxygens (including phenoxy) is 1. The monoisotopic (exact) mass is 416 g/mol. The van der Waals surface area contributed by atoms with Crippen molar-refractivity contribution < 1.29 is 4.74 Å². The molecule has 158 valence electrons. The molecule has 4 aromatic rings. The third kappa shape index (κ3) is 3.65. The van der Waals surface area contributed by atoms with Crippen LogP contribution in [0.3, 0.4) is 0 Å². The molecule has 0 bridgehead atoms. The minimum absolute atomic E-state index is 0.0448. The Morgan fingerprint density at radius 2 is 1.84 bits per heavy atom. The summed E-state index contributed by atoms with van der Waals surface area (Å²) in [7, 11) is 3.44. The van der Waals surface area contributed by atoms with Gasteiger partial charge in [0.15, 0.2) is 0 Å². The molecule has 8 heteroatoms. The first-order valence-corrected chi connectivity index (χ1v) is 10.4. The van der Waals surface area contributed by atoms with Crippen molar-refractivity contribution in [1.82, 2.24) is 24.4 Å². The maximum Gasteiger partial charge on any atom is 0.250 e. The number of aryl methyl sites for hydroxylation is 1. The molecule has 3 aromatic heterocycles. The standard InChI is InChI=1S/C23H24N6O2/c1-27-10-7-18(13-22(27)30)16-8-11-28(12-9-16)21-14-20(26-29-15-24-25-23(21)29)17-3-5-19(31-2)6-4-17/h3-7,10,13-16H,8-9,11-12H2,1-2H3. The van der Waals surface area contributed by atoms with Crippen LogP contribution in [0.25, 0.3) is 16.9 Å². The zero-order valence-electron chi connectivity index (χ0n) is 17.6. The van der Waals surface area contributed by atoms with Crippen molar-refractivity contribution in [2.75, 3.05) is 25.1 Å². The van der Waals surface area contributed by atoms with E-state index in [0.717, 1.165) is 59.8 Å². The Hall–Kier alpha value is -3.68. The topological polar surface area (TPSA) is 77.5 Å². The van der Waals surface area contributed by atoms with Gasteiger partial charge in [-0.15, -0.1) is 10.2 Å². The van der Waals surface area contributed by atoms with Crippen LogP contribution in [0, 0.1) is 0 Å². The number of hydrogen-bond donors (Lipinski definition) is 0. The van der Waals surface area contributed by atoms with Gasteiger partial charge in [-0.05, 0) is 60.7 Å². The third-order valence-electron chi connectivity index (χ3n) is 6.07. The number of hydrogen-bond acceptors (Lipinski definition) is 6. The summed E-state index contributed by atoms with van der Waals surface area (Å²) < 4.78 is 8.61. The predicted molar refractivity (Wildman–Crippen MR) is 119 cm³/mol. The molecule has 0 spiro atoms. The van der Waals surface area contributed by atoms with Gasteiger partial charge in [0.2, 0.25) is 5.65 Å². The molecule has 1 saturated heterocycles. The zero-order chi connectivity index (χ0) is 21.4. The molecule has 0 atom stereocenters. The molecule has 0 saturated carbocycles. The summed E-state index contributed by atoms with van der Waals surface area (Å²) in [6.07, 6.45) is 5.45. The number of methoxy groups -OCH3 is 1. The quantitative estimate of drug-likeness (QED) is 0.509. The summed E-state index contributed by atoms with van der Waals surface area (Å²) in [5.41, 5.74) is 4.82. The van der Waals surface area contributed by atoms with Crippen molar-refractivity contribution in [3.63, 3.8) is 0 Å². The Balaban J connectivity index is 1.42. The van der Waals surface area contributed by atoms with Crippen molar-refractivity contribution in [2.24, 2.45) is 7.05 Å². The average Bonchev–Trinajstić information content (AvgIpc) is 3.29. The van der Waals surface area contributed by atoms with Gasteiger partial charge in [-0.1, -0.05) is 0 Å². The number of rotatable bonds is 4. The van der Waals surface area contributed by atoms with E-state index in [1.807, 2.05) is 30.5 Å². The van der Waals surface area contributed by atoms with Crippen LogP contribution in [0.1, 0.15) is 24.3 Å². The summed E-state index contributed by atoms with van der Waals surface area (Å²) in [6.45, 7) is 1.77. The lowest BCUT2D eigenvalue weighted by Gasteiger charge is -2.33. The molecule has 31 heavy (non-hydrogen) atoms. The molecule has 0 amide bonds. The minimum Gasteiger partial charge on any atom is -0.497 e. The highest BCUT2D eigenvalue weighted by atomic mass is 16.5. The smallest absolute Gasteiger partial charge is 0.250 e. The van der Waals surface area contributed by atoms with Crippen molar-refractivity contribution in [2.45, 2.75) is 18.8 Å². The van der Waals surface area contributed by atoms with E-state index in [1.165, 1.54) is 0 Å². The first-order chi connectivity index (χ1) is 15.1. The van der Waals surface area contributed by atoms with Gasteiger partial charge < -0.3 is 14.2 Å². The van der Waals surface area contributed by atoms with E-state index in [2.05, 4.69) is 32.3 Å². The van der Waals surface area contributed by atoms with E-state index >= 15 is 0 Å². The molecular weight excluding hydrogens is 392 g/mol. The molecule has 0 aliphatic carbocycles. The number of aromatic nitrogens is 5. The normalized spacial score (nSPS) is 14.8. The summed E-state index contributed by atoms with van der Waals surface area (Å²) in [6, 6.07) is 13.8. The van der Waals surface area contributed by atoms with Crippen molar-refractivity contribution in [3.05, 3.63) is 70.9 Å². The average molecular weight is 416 g/mol. The second-order valence-corrected chi connectivity index (χ2v) is 7.91. The molecule has 1 aliphatic heterocycles. The molecule has 1 aromatic carbocycles. The molecule has 0 unspecified atom stereocenters. The van der Waals surface area contributed by atoms with Gasteiger partial charge in [-0.25, -0.2) is 0 Å². The summed E-state index contributed by atoms with van der Waals surface area (Å²) in [5, 5.41) is 13.0. The van der Waals surface area contributed by atoms with Gasteiger partial charge in [0.1, 0.15) is 12.1 Å². The minimum atomic E-state index is 0.0448. The van der Waals surface area contributed by atoms with Gasteiger partial charge in [-0.2, -0.15) is 9.61 Å². The second-order valence-electron chi connectivity index (χ2n) is 7.91. The van der Waals surface area contributed by atoms with Gasteiger partial charge in [0.25, 0.3) is 5.56 Å². The third-order valence-corrected chi connectivity index (χ3v) is 6.07. The van der Waals surface area contributed by atoms with Gasteiger partial charge in [-0.3, -0.25) is 4.79 Å². The number of piperidine rings is 1. The van der Waals surface area contributed by atoms with Crippen LogP contribution < -0.4 is 15.2 Å². The van der Waals surface area contributed by atoms with Crippen LogP contribution in [0.5, 0.6) is 5.75 Å². The number of fused-ring (bicyclic) bond motifs is 1. The predicted octanol–water partition coefficient (Wildman–Crippen LogP) is 2.88. The Bertz CT molecular complexity index is 1270. The highest BCUT2D eigenvalue weighted by Gasteiger charge is 2.24. The lowest BCUT2D eigenvalue weighted by Crippen LogP contribution is -2.33. The highest BCUT2D eigenvalue weighted by molar-refractivity contribution is 5.74. The Morgan fingerprint density at radius 3 is 2.55 bits per heavy atom. The van der Waals surface area contributed by atoms with Crippen LogP contribution in [0.15, 0.2) is 59.8 Å². The van der Waals surface area contributed by atoms with E-state index in [4.69, 9.17) is 4.74 Å². The Morgan fingerprint density at radius 1 is 1.06 bits per heavy atom. The van der Waals surface area contributed by atoms with E-state index in [0.29, 0.717) is 5.92 Å². The number of nitrogens with zero attached hydrogens (tertiary/aromatic N) is 6. The molecule has 8 nitrogen and oxygen atoms in total. The second kappa shape index (κ2) is 7.86. The summed E-state index contributed by atoms with van der Waals surface area (Å²) >= 11 is 0. The Kier molecular flexibility index (Phi) is 4.89. The van der Waals surface area contributed by atoms with Crippen molar-refractivity contribution in [1.29, 1.82) is 0 Å². The Labute approximate surface area is 179 Å². The SMILES string of the molecule is COc1ccc(-c2cc(N3CCC(c4ccn(C)c(=O)c4)CC3)c3nncn3n2)cc1. The summed E-state index contributed by atoms with van der Waals surface area (Å²) in [5.74, 6) is 1.20. The molecule has 0 N–H and O–H groups in total. The van der Waals surface area contributed by atoms with E-state index in [9.17, 15) is 4.79 Å². The fourth-order valence-electron chi connectivity index (χ4n) is 4.22. The van der Waals surface area contributed by atoms with Gasteiger partial charge in [0, 0.05) is 38.0 Å². The molecule has 4 heterocycles. The van der Waals surface area contributed by atoms with E-state index in [-0.39, 0.29) is 5.56 Å². The van der Waals surface area contributed by atoms with Crippen LogP contribution in [-0.2, 0) is 7.05 Å².